The molecule has 1 aliphatic heterocycles. The minimum Gasteiger partial charge on any atom is -0.497 e. The largest absolute Gasteiger partial charge is 0.497 e. The van der Waals surface area contributed by atoms with E-state index in [1.807, 2.05) is 13.8 Å². The number of amides is 2. The summed E-state index contributed by atoms with van der Waals surface area (Å²) in [5, 5.41) is 5.80. The molecule has 1 aliphatic rings. The summed E-state index contributed by atoms with van der Waals surface area (Å²) in [7, 11) is -2.17. The number of hydrogen-bond acceptors (Lipinski definition) is 6. The number of hydrogen-bond donors (Lipinski definition) is 3. The molecule has 3 N–H and O–H groups in total. The van der Waals surface area contributed by atoms with Gasteiger partial charge in [0, 0.05) is 35.7 Å². The Kier molecular flexibility index (Phi) is 8.80. The number of carbonyl (C=O) groups is 2. The van der Waals surface area contributed by atoms with E-state index in [0.29, 0.717) is 57.2 Å². The maximum absolute atomic E-state index is 13.3. The number of aromatic nitrogens is 1. The van der Waals surface area contributed by atoms with Gasteiger partial charge in [-0.25, -0.2) is 8.42 Å². The van der Waals surface area contributed by atoms with E-state index in [1.54, 1.807) is 36.4 Å². The van der Waals surface area contributed by atoms with Gasteiger partial charge in [0.05, 0.1) is 28.9 Å². The zero-order valence-corrected chi connectivity index (χ0v) is 24.4. The van der Waals surface area contributed by atoms with Crippen molar-refractivity contribution in [1.29, 1.82) is 0 Å². The molecule has 0 fully saturated rings. The molecule has 3 aromatic rings. The number of anilines is 1. The van der Waals surface area contributed by atoms with Crippen LogP contribution in [0.4, 0.5) is 5.69 Å². The van der Waals surface area contributed by atoms with Crippen molar-refractivity contribution in [2.75, 3.05) is 38.6 Å². The number of rotatable bonds is 11. The van der Waals surface area contributed by atoms with Gasteiger partial charge in [-0.1, -0.05) is 26.0 Å². The zero-order chi connectivity index (χ0) is 29.0. The van der Waals surface area contributed by atoms with Gasteiger partial charge in [-0.3, -0.25) is 9.59 Å². The van der Waals surface area contributed by atoms with Gasteiger partial charge in [0.2, 0.25) is 0 Å². The molecule has 4 rings (SSSR count). The van der Waals surface area contributed by atoms with Crippen LogP contribution in [0, 0.1) is 13.8 Å². The summed E-state index contributed by atoms with van der Waals surface area (Å²) < 4.78 is 31.8. The number of aromatic amines is 1. The molecule has 9 nitrogen and oxygen atoms in total. The van der Waals surface area contributed by atoms with Crippen molar-refractivity contribution < 1.29 is 22.7 Å². The fourth-order valence-electron chi connectivity index (χ4n) is 4.93. The average molecular weight is 565 g/mol. The smallest absolute Gasteiger partial charge is 0.256 e. The molecule has 2 amide bonds. The van der Waals surface area contributed by atoms with E-state index in [1.165, 1.54) is 19.2 Å². The van der Waals surface area contributed by atoms with Crippen molar-refractivity contribution in [3.63, 3.8) is 0 Å². The number of H-pyrrole nitrogens is 1. The van der Waals surface area contributed by atoms with Crippen LogP contribution in [0.5, 0.6) is 5.75 Å². The predicted molar refractivity (Wildman–Crippen MR) is 157 cm³/mol. The molecule has 10 heteroatoms. The Morgan fingerprint density at radius 2 is 1.85 bits per heavy atom. The molecular formula is C30H36N4O5S. The summed E-state index contributed by atoms with van der Waals surface area (Å²) in [6.07, 6.45) is 1.68. The zero-order valence-electron chi connectivity index (χ0n) is 23.6. The van der Waals surface area contributed by atoms with Gasteiger partial charge in [0.1, 0.15) is 5.75 Å². The van der Waals surface area contributed by atoms with E-state index in [9.17, 15) is 18.0 Å². The van der Waals surface area contributed by atoms with Crippen LogP contribution in [-0.2, 0) is 20.4 Å². The molecule has 0 saturated carbocycles. The van der Waals surface area contributed by atoms with Gasteiger partial charge in [0.25, 0.3) is 11.8 Å². The summed E-state index contributed by atoms with van der Waals surface area (Å²) in [5.41, 5.74) is 4.52. The fourth-order valence-corrected chi connectivity index (χ4v) is 6.29. The standard InChI is InChI=1S/C30H36N4O5S/c1-6-34(7-2)14-13-31-30(36)28-19(3)27(32-20(28)4)17-25-24-16-23(11-12-26(24)33-29(25)35)40(37,38)18-21-9-8-10-22(15-21)39-5/h8-12,15-17,32H,6-7,13-14,18H2,1-5H3,(H,31,36)(H,33,35)/b25-17-. The molecule has 0 atom stereocenters. The van der Waals surface area contributed by atoms with E-state index in [2.05, 4.69) is 34.4 Å². The highest BCUT2D eigenvalue weighted by molar-refractivity contribution is 7.90. The lowest BCUT2D eigenvalue weighted by atomic mass is 10.0. The fraction of sp³-hybridized carbons (Fsp3) is 0.333. The summed E-state index contributed by atoms with van der Waals surface area (Å²) in [6, 6.07) is 11.6. The highest BCUT2D eigenvalue weighted by atomic mass is 32.2. The Hall–Kier alpha value is -3.89. The maximum atomic E-state index is 13.3. The van der Waals surface area contributed by atoms with Gasteiger partial charge < -0.3 is 25.3 Å². The molecule has 2 heterocycles. The van der Waals surface area contributed by atoms with Crippen LogP contribution < -0.4 is 15.4 Å². The van der Waals surface area contributed by atoms with E-state index >= 15 is 0 Å². The molecule has 1 aromatic heterocycles. The molecular weight excluding hydrogens is 528 g/mol. The van der Waals surface area contributed by atoms with Gasteiger partial charge in [-0.15, -0.1) is 0 Å². The second-order valence-electron chi connectivity index (χ2n) is 9.78. The van der Waals surface area contributed by atoms with Crippen LogP contribution in [-0.4, -0.2) is 63.4 Å². The van der Waals surface area contributed by atoms with Crippen molar-refractivity contribution in [3.05, 3.63) is 76.1 Å². The number of carbonyl (C=O) groups excluding carboxylic acids is 2. The summed E-state index contributed by atoms with van der Waals surface area (Å²) in [6.45, 7) is 10.9. The SMILES string of the molecule is CCN(CC)CCNC(=O)c1c(C)[nH]c(/C=C2\C(=O)Nc3ccc(S(=O)(=O)Cc4cccc(OC)c4)cc32)c1C. The first-order chi connectivity index (χ1) is 19.1. The number of aryl methyl sites for hydroxylation is 1. The van der Waals surface area contributed by atoms with Crippen molar-refractivity contribution in [1.82, 2.24) is 15.2 Å². The van der Waals surface area contributed by atoms with E-state index in [0.717, 1.165) is 19.6 Å². The molecule has 0 unspecified atom stereocenters. The van der Waals surface area contributed by atoms with E-state index in [-0.39, 0.29) is 22.5 Å². The minimum absolute atomic E-state index is 0.115. The Labute approximate surface area is 235 Å². The van der Waals surface area contributed by atoms with Crippen LogP contribution in [0.15, 0.2) is 47.4 Å². The quantitative estimate of drug-likeness (QED) is 0.301. The normalized spacial score (nSPS) is 13.9. The molecule has 212 valence electrons. The lowest BCUT2D eigenvalue weighted by Crippen LogP contribution is -2.35. The first kappa shape index (κ1) is 29.1. The molecule has 0 bridgehead atoms. The van der Waals surface area contributed by atoms with Gasteiger partial charge in [-0.05, 0) is 74.5 Å². The number of fused-ring (bicyclic) bond motifs is 1. The molecule has 0 radical (unpaired) electrons. The third-order valence-corrected chi connectivity index (χ3v) is 8.91. The van der Waals surface area contributed by atoms with Gasteiger partial charge >= 0.3 is 0 Å². The number of nitrogens with zero attached hydrogens (tertiary/aromatic N) is 1. The lowest BCUT2D eigenvalue weighted by molar-refractivity contribution is -0.110. The number of nitrogens with one attached hydrogen (secondary N) is 3. The number of likely N-dealkylation sites (N-methyl/N-ethyl adjacent to an activating group) is 1. The van der Waals surface area contributed by atoms with Crippen molar-refractivity contribution in [2.45, 2.75) is 38.3 Å². The highest BCUT2D eigenvalue weighted by Gasteiger charge is 2.28. The van der Waals surface area contributed by atoms with E-state index < -0.39 is 9.84 Å². The summed E-state index contributed by atoms with van der Waals surface area (Å²) in [4.78, 5) is 31.5. The number of sulfone groups is 1. The molecule has 0 aliphatic carbocycles. The third kappa shape index (κ3) is 6.13. The van der Waals surface area contributed by atoms with Crippen LogP contribution >= 0.6 is 0 Å². The molecule has 2 aromatic carbocycles. The van der Waals surface area contributed by atoms with Crippen LogP contribution in [0.25, 0.3) is 11.6 Å². The molecule has 0 saturated heterocycles. The Balaban J connectivity index is 1.61. The monoisotopic (exact) mass is 564 g/mol. The lowest BCUT2D eigenvalue weighted by Gasteiger charge is -2.18. The average Bonchev–Trinajstić information content (AvgIpc) is 3.39. The van der Waals surface area contributed by atoms with Crippen LogP contribution in [0.3, 0.4) is 0 Å². The first-order valence-corrected chi connectivity index (χ1v) is 15.0. The summed E-state index contributed by atoms with van der Waals surface area (Å²) in [5.74, 6) is -0.139. The Bertz CT molecular complexity index is 1570. The van der Waals surface area contributed by atoms with Gasteiger partial charge in [0.15, 0.2) is 9.84 Å². The predicted octanol–water partition coefficient (Wildman–Crippen LogP) is 4.18. The summed E-state index contributed by atoms with van der Waals surface area (Å²) >= 11 is 0. The van der Waals surface area contributed by atoms with E-state index in [4.69, 9.17) is 4.74 Å². The van der Waals surface area contributed by atoms with Crippen LogP contribution in [0.2, 0.25) is 0 Å². The number of methoxy groups -OCH3 is 1. The minimum atomic E-state index is -3.70. The highest BCUT2D eigenvalue weighted by Crippen LogP contribution is 2.36. The topological polar surface area (TPSA) is 121 Å². The Morgan fingerprint density at radius 3 is 2.55 bits per heavy atom. The van der Waals surface area contributed by atoms with Crippen molar-refractivity contribution >= 4 is 39.0 Å². The first-order valence-electron chi connectivity index (χ1n) is 13.3. The number of ether oxygens (including phenoxy) is 1. The Morgan fingerprint density at radius 1 is 1.10 bits per heavy atom. The second-order valence-corrected chi connectivity index (χ2v) is 11.8. The maximum Gasteiger partial charge on any atom is 0.256 e. The van der Waals surface area contributed by atoms with Gasteiger partial charge in [-0.2, -0.15) is 0 Å². The van der Waals surface area contributed by atoms with Crippen LogP contribution in [0.1, 0.15) is 52.3 Å². The van der Waals surface area contributed by atoms with Crippen molar-refractivity contribution in [2.24, 2.45) is 0 Å². The third-order valence-electron chi connectivity index (χ3n) is 7.22. The number of benzene rings is 2. The molecule has 40 heavy (non-hydrogen) atoms. The van der Waals surface area contributed by atoms with Crippen molar-refractivity contribution in [3.8, 4) is 5.75 Å². The molecule has 0 spiro atoms. The second kappa shape index (κ2) is 12.1.